The second-order valence-electron chi connectivity index (χ2n) is 13.3. The number of anilines is 1. The molecule has 0 fully saturated rings. The Hall–Kier alpha value is -4.79. The Morgan fingerprint density at radius 3 is 2.10 bits per heavy atom. The number of rotatable bonds is 21. The molecule has 1 heterocycles. The quantitative estimate of drug-likeness (QED) is 0.0732. The fourth-order valence-corrected chi connectivity index (χ4v) is 5.28. The van der Waals surface area contributed by atoms with Crippen LogP contribution in [0.25, 0.3) is 0 Å². The van der Waals surface area contributed by atoms with Gasteiger partial charge in [0.1, 0.15) is 12.1 Å². The molecule has 0 spiro atoms. The van der Waals surface area contributed by atoms with Crippen molar-refractivity contribution in [2.75, 3.05) is 18.4 Å². The first kappa shape index (κ1) is 40.4. The van der Waals surface area contributed by atoms with E-state index >= 15 is 0 Å². The van der Waals surface area contributed by atoms with Gasteiger partial charge < -0.3 is 37.8 Å². The number of urea groups is 1. The molecule has 0 radical (unpaired) electrons. The van der Waals surface area contributed by atoms with Crippen molar-refractivity contribution in [3.05, 3.63) is 42.0 Å². The van der Waals surface area contributed by atoms with E-state index in [2.05, 4.69) is 21.3 Å². The Labute approximate surface area is 287 Å². The fraction of sp³-hybridized carbons (Fsp3) is 0.559. The van der Waals surface area contributed by atoms with Crippen molar-refractivity contribution in [2.24, 2.45) is 22.8 Å². The summed E-state index contributed by atoms with van der Waals surface area (Å²) in [5.74, 6) is -3.31. The number of carbonyl (C=O) groups excluding carboxylic acids is 6. The first-order chi connectivity index (χ1) is 23.0. The molecule has 0 saturated heterocycles. The van der Waals surface area contributed by atoms with Crippen LogP contribution in [0.5, 0.6) is 0 Å². The van der Waals surface area contributed by atoms with Crippen LogP contribution >= 0.6 is 0 Å². The number of benzene rings is 1. The van der Waals surface area contributed by atoms with Gasteiger partial charge >= 0.3 is 12.0 Å². The van der Waals surface area contributed by atoms with Crippen molar-refractivity contribution >= 4 is 47.2 Å². The molecule has 49 heavy (non-hydrogen) atoms. The van der Waals surface area contributed by atoms with Gasteiger partial charge in [0, 0.05) is 43.4 Å². The van der Waals surface area contributed by atoms with Crippen molar-refractivity contribution in [1.82, 2.24) is 20.9 Å². The minimum Gasteiger partial charge on any atom is -0.481 e. The van der Waals surface area contributed by atoms with E-state index in [4.69, 9.17) is 11.5 Å². The predicted molar refractivity (Wildman–Crippen MR) is 183 cm³/mol. The molecule has 0 bridgehead atoms. The number of unbranched alkanes of at least 4 members (excludes halogenated alkanes) is 2. The molecule has 1 aliphatic heterocycles. The van der Waals surface area contributed by atoms with E-state index in [-0.39, 0.29) is 62.0 Å². The molecule has 0 saturated carbocycles. The van der Waals surface area contributed by atoms with E-state index in [1.54, 1.807) is 52.0 Å². The molecular weight excluding hydrogens is 634 g/mol. The number of hydrogen-bond donors (Lipinski definition) is 7. The van der Waals surface area contributed by atoms with Gasteiger partial charge in [-0.1, -0.05) is 32.4 Å². The minimum atomic E-state index is -1.00. The molecule has 1 aliphatic rings. The lowest BCUT2D eigenvalue weighted by molar-refractivity contribution is -0.147. The number of amides is 7. The van der Waals surface area contributed by atoms with Crippen LogP contribution in [0.1, 0.15) is 78.2 Å². The van der Waals surface area contributed by atoms with Crippen molar-refractivity contribution < 1.29 is 38.7 Å². The van der Waals surface area contributed by atoms with Crippen LogP contribution in [0.2, 0.25) is 0 Å². The zero-order valence-electron chi connectivity index (χ0n) is 28.8. The largest absolute Gasteiger partial charge is 0.481 e. The molecule has 0 aromatic heterocycles. The van der Waals surface area contributed by atoms with Gasteiger partial charge in [-0.05, 0) is 76.0 Å². The van der Waals surface area contributed by atoms with Gasteiger partial charge in [0.2, 0.25) is 17.7 Å². The minimum absolute atomic E-state index is 0.136. The predicted octanol–water partition coefficient (Wildman–Crippen LogP) is 1.56. The molecule has 3 unspecified atom stereocenters. The summed E-state index contributed by atoms with van der Waals surface area (Å²) in [5, 5.41) is 20.1. The highest BCUT2D eigenvalue weighted by Crippen LogP contribution is 2.23. The Morgan fingerprint density at radius 2 is 1.53 bits per heavy atom. The van der Waals surface area contributed by atoms with Gasteiger partial charge in [-0.15, -0.1) is 0 Å². The Bertz CT molecular complexity index is 1360. The first-order valence-corrected chi connectivity index (χ1v) is 16.6. The summed E-state index contributed by atoms with van der Waals surface area (Å²) in [5.41, 5.74) is 11.7. The number of nitrogens with two attached hydrogens (primary N) is 2. The van der Waals surface area contributed by atoms with Crippen LogP contribution in [-0.4, -0.2) is 82.8 Å². The average molecular weight is 686 g/mol. The van der Waals surface area contributed by atoms with Crippen LogP contribution < -0.4 is 32.7 Å². The van der Waals surface area contributed by atoms with Gasteiger partial charge in [0.25, 0.3) is 11.8 Å². The van der Waals surface area contributed by atoms with Crippen LogP contribution in [-0.2, 0) is 35.2 Å². The molecule has 1 aromatic rings. The number of carboxylic acids is 1. The Balaban J connectivity index is 1.97. The van der Waals surface area contributed by atoms with E-state index < -0.39 is 41.3 Å². The summed E-state index contributed by atoms with van der Waals surface area (Å²) >= 11 is 0. The lowest BCUT2D eigenvalue weighted by atomic mass is 9.84. The number of aliphatic carboxylic acids is 1. The number of nitrogens with zero attached hydrogens (tertiary/aromatic N) is 1. The third kappa shape index (κ3) is 14.1. The number of primary amides is 1. The molecule has 7 amide bonds. The summed E-state index contributed by atoms with van der Waals surface area (Å²) in [6.07, 6.45) is 5.44. The average Bonchev–Trinajstić information content (AvgIpc) is 3.33. The van der Waals surface area contributed by atoms with E-state index in [1.807, 2.05) is 0 Å². The zero-order chi connectivity index (χ0) is 36.7. The molecule has 1 aromatic carbocycles. The van der Waals surface area contributed by atoms with Crippen LogP contribution in [0, 0.1) is 11.3 Å². The third-order valence-corrected chi connectivity index (χ3v) is 8.12. The molecule has 3 atom stereocenters. The fourth-order valence-electron chi connectivity index (χ4n) is 5.28. The van der Waals surface area contributed by atoms with Crippen molar-refractivity contribution in [3.63, 3.8) is 0 Å². The van der Waals surface area contributed by atoms with Crippen molar-refractivity contribution in [2.45, 2.75) is 97.2 Å². The topological polar surface area (TPSA) is 243 Å². The molecule has 15 nitrogen and oxygen atoms in total. The monoisotopic (exact) mass is 685 g/mol. The maximum absolute atomic E-state index is 13.4. The number of nitrogens with one attached hydrogen (secondary N) is 4. The standard InChI is InChI=1S/C34H51N7O8/c1-21(2)29(40-26(42)10-6-5-7-18-41-27(43)15-16-28(41)44)31(46)39-25(9-8-17-37-33(36)49)30(45)38-24-13-11-22(12-14-24)19-23(35)20-34(3,4)32(47)48/h11-16,21,23,25,29H,5-10,17-20,35H2,1-4H3,(H,38,45)(H,39,46)(H,40,42)(H,47,48)(H3,36,37,49). The highest BCUT2D eigenvalue weighted by atomic mass is 16.4. The van der Waals surface area contributed by atoms with Crippen LogP contribution in [0.15, 0.2) is 36.4 Å². The molecule has 270 valence electrons. The van der Waals surface area contributed by atoms with Gasteiger partial charge in [-0.2, -0.15) is 0 Å². The third-order valence-electron chi connectivity index (χ3n) is 8.12. The van der Waals surface area contributed by atoms with Gasteiger partial charge in [0.05, 0.1) is 5.41 Å². The maximum atomic E-state index is 13.4. The number of carbonyl (C=O) groups is 7. The zero-order valence-corrected chi connectivity index (χ0v) is 28.8. The Kier molecular flexibility index (Phi) is 15.9. The maximum Gasteiger partial charge on any atom is 0.312 e. The molecule has 9 N–H and O–H groups in total. The second-order valence-corrected chi connectivity index (χ2v) is 13.3. The first-order valence-electron chi connectivity index (χ1n) is 16.6. The van der Waals surface area contributed by atoms with Crippen LogP contribution in [0.4, 0.5) is 10.5 Å². The smallest absolute Gasteiger partial charge is 0.312 e. The summed E-state index contributed by atoms with van der Waals surface area (Å²) in [6.45, 7) is 7.24. The summed E-state index contributed by atoms with van der Waals surface area (Å²) in [4.78, 5) is 86.5. The van der Waals surface area contributed by atoms with E-state index in [0.29, 0.717) is 37.8 Å². The normalized spacial score (nSPS) is 14.7. The van der Waals surface area contributed by atoms with Crippen LogP contribution in [0.3, 0.4) is 0 Å². The Morgan fingerprint density at radius 1 is 0.898 bits per heavy atom. The van der Waals surface area contributed by atoms with E-state index in [0.717, 1.165) is 10.5 Å². The molecule has 0 aliphatic carbocycles. The number of imide groups is 1. The van der Waals surface area contributed by atoms with Gasteiger partial charge in [0.15, 0.2) is 0 Å². The van der Waals surface area contributed by atoms with E-state index in [9.17, 15) is 38.7 Å². The summed E-state index contributed by atoms with van der Waals surface area (Å²) in [6, 6.07) is 3.90. The second kappa shape index (κ2) is 19.3. The van der Waals surface area contributed by atoms with Crippen molar-refractivity contribution in [1.29, 1.82) is 0 Å². The lowest BCUT2D eigenvalue weighted by Gasteiger charge is -2.25. The molecule has 2 rings (SSSR count). The summed E-state index contributed by atoms with van der Waals surface area (Å²) < 4.78 is 0. The van der Waals surface area contributed by atoms with Gasteiger partial charge in [-0.3, -0.25) is 33.7 Å². The highest BCUT2D eigenvalue weighted by molar-refractivity contribution is 6.12. The number of hydrogen-bond acceptors (Lipinski definition) is 8. The number of carboxylic acid groups (broad SMARTS) is 1. The molecule has 15 heteroatoms. The van der Waals surface area contributed by atoms with E-state index in [1.165, 1.54) is 12.2 Å². The van der Waals surface area contributed by atoms with Crippen molar-refractivity contribution in [3.8, 4) is 0 Å². The van der Waals surface area contributed by atoms with Gasteiger partial charge in [-0.25, -0.2) is 4.79 Å². The lowest BCUT2D eigenvalue weighted by Crippen LogP contribution is -2.54. The summed E-state index contributed by atoms with van der Waals surface area (Å²) in [7, 11) is 0. The molecular formula is C34H51N7O8. The SMILES string of the molecule is CC(C)C(NC(=O)CCCCCN1C(=O)C=CC1=O)C(=O)NC(CCCNC(N)=O)C(=O)Nc1ccc(CC(N)CC(C)(C)C(=O)O)cc1. The highest BCUT2D eigenvalue weighted by Gasteiger charge is 2.30.